The summed E-state index contributed by atoms with van der Waals surface area (Å²) in [6, 6.07) is 8.08. The van der Waals surface area contributed by atoms with Crippen LogP contribution in [0.1, 0.15) is 17.8 Å². The molecule has 0 aliphatic carbocycles. The van der Waals surface area contributed by atoms with Crippen molar-refractivity contribution in [2.75, 3.05) is 5.32 Å². The molecule has 0 saturated heterocycles. The lowest BCUT2D eigenvalue weighted by Gasteiger charge is -2.03. The maximum absolute atomic E-state index is 12.0. The molecule has 3 aromatic rings. The van der Waals surface area contributed by atoms with Crippen LogP contribution in [0, 0.1) is 6.92 Å². The molecule has 3 rings (SSSR count). The molecule has 0 radical (unpaired) electrons. The number of fused-ring (bicyclic) bond motifs is 1. The van der Waals surface area contributed by atoms with E-state index in [0.29, 0.717) is 24.6 Å². The first-order chi connectivity index (χ1) is 10.1. The predicted molar refractivity (Wildman–Crippen MR) is 81.0 cm³/mol. The van der Waals surface area contributed by atoms with Crippen LogP contribution < -0.4 is 5.32 Å². The van der Waals surface area contributed by atoms with E-state index in [1.165, 1.54) is 5.39 Å². The summed E-state index contributed by atoms with van der Waals surface area (Å²) < 4.78 is 1.57. The molecule has 6 nitrogen and oxygen atoms in total. The summed E-state index contributed by atoms with van der Waals surface area (Å²) in [5, 5.41) is 8.05. The van der Waals surface area contributed by atoms with E-state index in [4.69, 9.17) is 0 Å². The molecule has 21 heavy (non-hydrogen) atoms. The largest absolute Gasteiger partial charge is 0.361 e. The average molecular weight is 283 g/mol. The third kappa shape index (κ3) is 2.79. The lowest BCUT2D eigenvalue weighted by atomic mass is 10.1. The van der Waals surface area contributed by atoms with Gasteiger partial charge in [-0.2, -0.15) is 10.1 Å². The minimum Gasteiger partial charge on any atom is -0.361 e. The maximum Gasteiger partial charge on any atom is 0.227 e. The first-order valence-corrected chi connectivity index (χ1v) is 6.86. The second-order valence-electron chi connectivity index (χ2n) is 5.01. The van der Waals surface area contributed by atoms with Gasteiger partial charge in [-0.25, -0.2) is 4.68 Å². The highest BCUT2D eigenvalue weighted by atomic mass is 16.1. The lowest BCUT2D eigenvalue weighted by molar-refractivity contribution is -0.116. The highest BCUT2D eigenvalue weighted by Crippen LogP contribution is 2.19. The zero-order chi connectivity index (χ0) is 14.8. The summed E-state index contributed by atoms with van der Waals surface area (Å²) in [6.45, 7) is 1.79. The summed E-state index contributed by atoms with van der Waals surface area (Å²) in [5.41, 5.74) is 2.24. The molecular weight excluding hydrogens is 266 g/mol. The van der Waals surface area contributed by atoms with E-state index in [-0.39, 0.29) is 5.91 Å². The van der Waals surface area contributed by atoms with Gasteiger partial charge >= 0.3 is 0 Å². The van der Waals surface area contributed by atoms with Crippen LogP contribution in [-0.4, -0.2) is 25.7 Å². The monoisotopic (exact) mass is 283 g/mol. The Labute approximate surface area is 122 Å². The molecule has 0 saturated carbocycles. The molecule has 2 N–H and O–H groups in total. The topological polar surface area (TPSA) is 75.6 Å². The van der Waals surface area contributed by atoms with Gasteiger partial charge in [-0.3, -0.25) is 10.1 Å². The number of anilines is 1. The number of rotatable bonds is 4. The predicted octanol–water partition coefficient (Wildman–Crippen LogP) is 2.18. The molecule has 2 heterocycles. The Bertz CT molecular complexity index is 786. The Balaban J connectivity index is 1.65. The number of nitrogens with zero attached hydrogens (tertiary/aromatic N) is 3. The van der Waals surface area contributed by atoms with Gasteiger partial charge in [-0.05, 0) is 25.0 Å². The van der Waals surface area contributed by atoms with Crippen LogP contribution in [0.2, 0.25) is 0 Å². The molecule has 0 fully saturated rings. The molecule has 2 aromatic heterocycles. The van der Waals surface area contributed by atoms with Crippen molar-refractivity contribution in [2.24, 2.45) is 7.05 Å². The number of para-hydroxylation sites is 1. The van der Waals surface area contributed by atoms with E-state index in [2.05, 4.69) is 26.4 Å². The van der Waals surface area contributed by atoms with Crippen molar-refractivity contribution in [3.63, 3.8) is 0 Å². The van der Waals surface area contributed by atoms with Crippen LogP contribution in [0.5, 0.6) is 0 Å². The first-order valence-electron chi connectivity index (χ1n) is 6.86. The molecule has 6 heteroatoms. The Morgan fingerprint density at radius 2 is 2.19 bits per heavy atom. The van der Waals surface area contributed by atoms with Gasteiger partial charge in [-0.1, -0.05) is 18.2 Å². The third-order valence-electron chi connectivity index (χ3n) is 3.42. The smallest absolute Gasteiger partial charge is 0.227 e. The fourth-order valence-electron chi connectivity index (χ4n) is 2.40. The Kier molecular flexibility index (Phi) is 3.43. The van der Waals surface area contributed by atoms with E-state index in [1.807, 2.05) is 24.4 Å². The highest BCUT2D eigenvalue weighted by molar-refractivity contribution is 5.90. The van der Waals surface area contributed by atoms with Crippen molar-refractivity contribution in [3.05, 3.63) is 41.9 Å². The number of aromatic nitrogens is 4. The molecule has 0 aliphatic rings. The van der Waals surface area contributed by atoms with Gasteiger partial charge in [0.15, 0.2) is 0 Å². The van der Waals surface area contributed by atoms with Crippen LogP contribution >= 0.6 is 0 Å². The Morgan fingerprint density at radius 1 is 1.38 bits per heavy atom. The summed E-state index contributed by atoms with van der Waals surface area (Å²) >= 11 is 0. The summed E-state index contributed by atoms with van der Waals surface area (Å²) in [4.78, 5) is 19.4. The number of carbonyl (C=O) groups excluding carboxylic acids is 1. The zero-order valence-electron chi connectivity index (χ0n) is 12.1. The van der Waals surface area contributed by atoms with Crippen molar-refractivity contribution in [2.45, 2.75) is 19.8 Å². The third-order valence-corrected chi connectivity index (χ3v) is 3.42. The zero-order valence-corrected chi connectivity index (χ0v) is 12.1. The Morgan fingerprint density at radius 3 is 2.95 bits per heavy atom. The van der Waals surface area contributed by atoms with Gasteiger partial charge in [0.1, 0.15) is 5.82 Å². The number of hydrogen-bond donors (Lipinski definition) is 2. The van der Waals surface area contributed by atoms with Gasteiger partial charge < -0.3 is 4.98 Å². The molecule has 108 valence electrons. The number of nitrogens with one attached hydrogen (secondary N) is 2. The fourth-order valence-corrected chi connectivity index (χ4v) is 2.40. The quantitative estimate of drug-likeness (QED) is 0.770. The summed E-state index contributed by atoms with van der Waals surface area (Å²) in [5.74, 6) is 1.07. The van der Waals surface area contributed by atoms with E-state index >= 15 is 0 Å². The average Bonchev–Trinajstić information content (AvgIpc) is 3.00. The molecule has 1 amide bonds. The van der Waals surface area contributed by atoms with Gasteiger partial charge in [0.2, 0.25) is 11.9 Å². The molecule has 0 bridgehead atoms. The van der Waals surface area contributed by atoms with Crippen LogP contribution in [0.25, 0.3) is 10.9 Å². The van der Waals surface area contributed by atoms with Gasteiger partial charge in [0.05, 0.1) is 0 Å². The van der Waals surface area contributed by atoms with E-state index in [1.54, 1.807) is 18.7 Å². The Hall–Kier alpha value is -2.63. The number of hydrogen-bond acceptors (Lipinski definition) is 3. The van der Waals surface area contributed by atoms with Gasteiger partial charge in [-0.15, -0.1) is 0 Å². The van der Waals surface area contributed by atoms with Crippen molar-refractivity contribution in [1.82, 2.24) is 19.7 Å². The van der Waals surface area contributed by atoms with Crippen LogP contribution in [0.15, 0.2) is 30.5 Å². The highest BCUT2D eigenvalue weighted by Gasteiger charge is 2.10. The molecule has 1 aromatic carbocycles. The van der Waals surface area contributed by atoms with Crippen molar-refractivity contribution < 1.29 is 4.79 Å². The van der Waals surface area contributed by atoms with Crippen molar-refractivity contribution >= 4 is 22.8 Å². The van der Waals surface area contributed by atoms with Gasteiger partial charge in [0.25, 0.3) is 0 Å². The SMILES string of the molecule is Cc1nc(NC(=O)CCc2c[nH]c3ccccc23)n(C)n1. The van der Waals surface area contributed by atoms with Crippen LogP contribution in [0.4, 0.5) is 5.95 Å². The molecule has 0 unspecified atom stereocenters. The number of aryl methyl sites for hydroxylation is 3. The number of aromatic amines is 1. The summed E-state index contributed by atoms with van der Waals surface area (Å²) in [7, 11) is 1.76. The van der Waals surface area contributed by atoms with Crippen LogP contribution in [0.3, 0.4) is 0 Å². The fraction of sp³-hybridized carbons (Fsp3) is 0.267. The minimum absolute atomic E-state index is 0.0595. The number of amides is 1. The summed E-state index contributed by atoms with van der Waals surface area (Å²) in [6.07, 6.45) is 3.06. The first kappa shape index (κ1) is 13.4. The maximum atomic E-state index is 12.0. The van der Waals surface area contributed by atoms with E-state index in [9.17, 15) is 4.79 Å². The second kappa shape index (κ2) is 5.40. The molecule has 0 aliphatic heterocycles. The molecule has 0 atom stereocenters. The van der Waals surface area contributed by atoms with E-state index in [0.717, 1.165) is 11.1 Å². The van der Waals surface area contributed by atoms with Crippen molar-refractivity contribution in [3.8, 4) is 0 Å². The van der Waals surface area contributed by atoms with E-state index < -0.39 is 0 Å². The lowest BCUT2D eigenvalue weighted by Crippen LogP contribution is -2.15. The normalized spacial score (nSPS) is 11.0. The standard InChI is InChI=1S/C15H17N5O/c1-10-17-15(20(2)19-10)18-14(21)8-7-11-9-16-13-6-4-3-5-12(11)13/h3-6,9,16H,7-8H2,1-2H3,(H,17,18,19,21). The van der Waals surface area contributed by atoms with Gasteiger partial charge in [0, 0.05) is 30.6 Å². The van der Waals surface area contributed by atoms with Crippen LogP contribution in [-0.2, 0) is 18.3 Å². The number of H-pyrrole nitrogens is 1. The number of carbonyl (C=O) groups is 1. The molecular formula is C15H17N5O. The minimum atomic E-state index is -0.0595. The van der Waals surface area contributed by atoms with Crippen molar-refractivity contribution in [1.29, 1.82) is 0 Å². The number of benzene rings is 1. The second-order valence-corrected chi connectivity index (χ2v) is 5.01. The molecule has 0 spiro atoms.